The summed E-state index contributed by atoms with van der Waals surface area (Å²) in [5.41, 5.74) is 11.9. The lowest BCUT2D eigenvalue weighted by molar-refractivity contribution is -0.142. The Morgan fingerprint density at radius 2 is 2.03 bits per heavy atom. The third-order valence-corrected chi connectivity index (χ3v) is 5.93. The van der Waals surface area contributed by atoms with E-state index in [9.17, 15) is 9.59 Å². The molecule has 0 radical (unpaired) electrons. The van der Waals surface area contributed by atoms with Crippen molar-refractivity contribution in [1.29, 1.82) is 0 Å². The largest absolute Gasteiger partial charge is 0.481 e. The molecule has 0 unspecified atom stereocenters. The third-order valence-electron chi connectivity index (χ3n) is 5.93. The second-order valence-electron chi connectivity index (χ2n) is 7.74. The number of hydrogen-bond acceptors (Lipinski definition) is 4. The molecular weight excluding hydrogens is 380 g/mol. The van der Waals surface area contributed by atoms with E-state index in [1.54, 1.807) is 6.07 Å². The molecule has 1 heterocycles. The second-order valence-corrected chi connectivity index (χ2v) is 7.74. The molecule has 0 atom stereocenters. The van der Waals surface area contributed by atoms with E-state index >= 15 is 0 Å². The summed E-state index contributed by atoms with van der Waals surface area (Å²) in [5.74, 6) is -0.347. The van der Waals surface area contributed by atoms with Gasteiger partial charge in [0.1, 0.15) is 5.75 Å². The molecule has 156 valence electrons. The second kappa shape index (κ2) is 7.86. The van der Waals surface area contributed by atoms with Gasteiger partial charge in [-0.05, 0) is 62.4 Å². The number of aryl methyl sites for hydroxylation is 2. The molecule has 0 aliphatic heterocycles. The van der Waals surface area contributed by atoms with E-state index in [0.717, 1.165) is 41.1 Å². The van der Waals surface area contributed by atoms with Crippen LogP contribution in [0.5, 0.6) is 5.75 Å². The van der Waals surface area contributed by atoms with Gasteiger partial charge in [-0.15, -0.1) is 0 Å². The van der Waals surface area contributed by atoms with Gasteiger partial charge in [-0.2, -0.15) is 0 Å². The first-order valence-corrected chi connectivity index (χ1v) is 10.2. The minimum Gasteiger partial charge on any atom is -0.481 e. The number of hydrogen-bond donors (Lipinski definition) is 1. The van der Waals surface area contributed by atoms with Gasteiger partial charge in [0, 0.05) is 17.5 Å². The van der Waals surface area contributed by atoms with Gasteiger partial charge in [0.2, 0.25) is 5.91 Å². The molecule has 30 heavy (non-hydrogen) atoms. The van der Waals surface area contributed by atoms with Gasteiger partial charge in [0.25, 0.3) is 0 Å². The van der Waals surface area contributed by atoms with Crippen molar-refractivity contribution in [2.75, 3.05) is 13.7 Å². The van der Waals surface area contributed by atoms with Crippen LogP contribution in [-0.4, -0.2) is 30.2 Å². The van der Waals surface area contributed by atoms with Crippen LogP contribution in [0, 0.1) is 0 Å². The SMILES string of the molecule is C/C=C(\C)Cn1c2cccc(C(N)=O)c2c2c(OCC(=O)OC)cc3c(c21)CCC3. The highest BCUT2D eigenvalue weighted by Crippen LogP contribution is 2.43. The van der Waals surface area contributed by atoms with Crippen molar-refractivity contribution in [2.45, 2.75) is 39.7 Å². The Bertz CT molecular complexity index is 1200. The van der Waals surface area contributed by atoms with Gasteiger partial charge in [-0.25, -0.2) is 4.79 Å². The van der Waals surface area contributed by atoms with E-state index in [1.807, 2.05) is 25.1 Å². The Labute approximate surface area is 175 Å². The van der Waals surface area contributed by atoms with Gasteiger partial charge in [0.05, 0.1) is 23.5 Å². The number of carbonyl (C=O) groups is 2. The van der Waals surface area contributed by atoms with Crippen LogP contribution >= 0.6 is 0 Å². The molecule has 2 N–H and O–H groups in total. The Hall–Kier alpha value is -3.28. The van der Waals surface area contributed by atoms with Gasteiger partial charge in [0.15, 0.2) is 6.61 Å². The standard InChI is InChI=1S/C24H26N2O4/c1-4-14(2)12-26-18-10-6-9-17(24(25)28)21(18)22-19(30-13-20(27)29-3)11-15-7-5-8-16(15)23(22)26/h4,6,9-11H,5,7-8,12-13H2,1-3H3,(H2,25,28)/b14-4+. The molecule has 0 bridgehead atoms. The number of allylic oxidation sites excluding steroid dienone is 2. The summed E-state index contributed by atoms with van der Waals surface area (Å²) in [6, 6.07) is 7.63. The van der Waals surface area contributed by atoms with Crippen molar-refractivity contribution in [3.05, 3.63) is 52.6 Å². The average molecular weight is 406 g/mol. The summed E-state index contributed by atoms with van der Waals surface area (Å²) in [6.07, 6.45) is 5.10. The van der Waals surface area contributed by atoms with Gasteiger partial charge >= 0.3 is 5.97 Å². The lowest BCUT2D eigenvalue weighted by atomic mass is 10.0. The van der Waals surface area contributed by atoms with Crippen LogP contribution in [-0.2, 0) is 28.9 Å². The average Bonchev–Trinajstić information content (AvgIpc) is 3.34. The molecule has 4 rings (SSSR count). The Kier molecular flexibility index (Phi) is 5.24. The lowest BCUT2D eigenvalue weighted by Gasteiger charge is -2.14. The summed E-state index contributed by atoms with van der Waals surface area (Å²) in [5, 5.41) is 1.62. The van der Waals surface area contributed by atoms with Crippen LogP contribution < -0.4 is 10.5 Å². The summed E-state index contributed by atoms with van der Waals surface area (Å²) >= 11 is 0. The molecule has 0 saturated heterocycles. The van der Waals surface area contributed by atoms with Crippen molar-refractivity contribution in [3.63, 3.8) is 0 Å². The number of methoxy groups -OCH3 is 1. The van der Waals surface area contributed by atoms with E-state index in [1.165, 1.54) is 23.8 Å². The summed E-state index contributed by atoms with van der Waals surface area (Å²) in [4.78, 5) is 24.0. The normalized spacial score (nSPS) is 13.6. The van der Waals surface area contributed by atoms with E-state index in [-0.39, 0.29) is 6.61 Å². The highest BCUT2D eigenvalue weighted by molar-refractivity contribution is 6.20. The first-order valence-electron chi connectivity index (χ1n) is 10.2. The zero-order chi connectivity index (χ0) is 21.4. The number of fused-ring (bicyclic) bond motifs is 5. The molecule has 0 saturated carbocycles. The van der Waals surface area contributed by atoms with Crippen LogP contribution in [0.3, 0.4) is 0 Å². The first kappa shape index (κ1) is 20.0. The molecule has 0 spiro atoms. The zero-order valence-electron chi connectivity index (χ0n) is 17.6. The molecular formula is C24H26N2O4. The van der Waals surface area contributed by atoms with E-state index in [4.69, 9.17) is 15.2 Å². The smallest absolute Gasteiger partial charge is 0.343 e. The maximum Gasteiger partial charge on any atom is 0.343 e. The fourth-order valence-corrected chi connectivity index (χ4v) is 4.40. The molecule has 1 aliphatic carbocycles. The van der Waals surface area contributed by atoms with Crippen LogP contribution in [0.25, 0.3) is 21.8 Å². The number of aromatic nitrogens is 1. The molecule has 0 fully saturated rings. The van der Waals surface area contributed by atoms with Crippen LogP contribution in [0.2, 0.25) is 0 Å². The van der Waals surface area contributed by atoms with Crippen molar-refractivity contribution in [2.24, 2.45) is 5.73 Å². The number of benzene rings is 2. The fourth-order valence-electron chi connectivity index (χ4n) is 4.40. The molecule has 1 aromatic heterocycles. The number of esters is 1. The number of carbonyl (C=O) groups excluding carboxylic acids is 2. The summed E-state index contributed by atoms with van der Waals surface area (Å²) in [7, 11) is 1.33. The van der Waals surface area contributed by atoms with E-state index in [0.29, 0.717) is 17.9 Å². The highest BCUT2D eigenvalue weighted by Gasteiger charge is 2.26. The zero-order valence-corrected chi connectivity index (χ0v) is 17.6. The lowest BCUT2D eigenvalue weighted by Crippen LogP contribution is -2.13. The highest BCUT2D eigenvalue weighted by atomic mass is 16.6. The number of rotatable bonds is 6. The van der Waals surface area contributed by atoms with E-state index < -0.39 is 11.9 Å². The Morgan fingerprint density at radius 3 is 2.73 bits per heavy atom. The quantitative estimate of drug-likeness (QED) is 0.497. The number of ether oxygens (including phenoxy) is 2. The monoisotopic (exact) mass is 406 g/mol. The van der Waals surface area contributed by atoms with E-state index in [2.05, 4.69) is 17.6 Å². The van der Waals surface area contributed by atoms with Crippen LogP contribution in [0.15, 0.2) is 35.9 Å². The number of nitrogens with two attached hydrogens (primary N) is 1. The number of primary amides is 1. The third kappa shape index (κ3) is 3.22. The molecule has 1 amide bonds. The van der Waals surface area contributed by atoms with Gasteiger partial charge in [-0.1, -0.05) is 17.7 Å². The van der Waals surface area contributed by atoms with Gasteiger partial charge < -0.3 is 19.8 Å². The molecule has 3 aromatic rings. The molecule has 6 nitrogen and oxygen atoms in total. The predicted octanol–water partition coefficient (Wildman–Crippen LogP) is 3.90. The minimum absolute atomic E-state index is 0.191. The fraction of sp³-hybridized carbons (Fsp3) is 0.333. The molecule has 2 aromatic carbocycles. The van der Waals surface area contributed by atoms with Gasteiger partial charge in [-0.3, -0.25) is 4.79 Å². The number of nitrogens with zero attached hydrogens (tertiary/aromatic N) is 1. The van der Waals surface area contributed by atoms with Crippen molar-refractivity contribution in [1.82, 2.24) is 4.57 Å². The maximum absolute atomic E-state index is 12.3. The Morgan fingerprint density at radius 1 is 1.23 bits per heavy atom. The minimum atomic E-state index is -0.484. The molecule has 1 aliphatic rings. The summed E-state index contributed by atoms with van der Waals surface area (Å²) in [6.45, 7) is 4.62. The van der Waals surface area contributed by atoms with Crippen molar-refractivity contribution < 1.29 is 19.1 Å². The topological polar surface area (TPSA) is 83.5 Å². The van der Waals surface area contributed by atoms with Crippen molar-refractivity contribution in [3.8, 4) is 5.75 Å². The predicted molar refractivity (Wildman–Crippen MR) is 117 cm³/mol. The van der Waals surface area contributed by atoms with Crippen LogP contribution in [0.4, 0.5) is 0 Å². The summed E-state index contributed by atoms with van der Waals surface area (Å²) < 4.78 is 12.9. The first-order chi connectivity index (χ1) is 14.5. The Balaban J connectivity index is 2.12. The number of amides is 1. The molecule has 6 heteroatoms. The van der Waals surface area contributed by atoms with Crippen LogP contribution in [0.1, 0.15) is 41.8 Å². The maximum atomic E-state index is 12.3. The van der Waals surface area contributed by atoms with Crippen molar-refractivity contribution >= 4 is 33.7 Å².